The average molecular weight is 494 g/mol. The van der Waals surface area contributed by atoms with Crippen molar-refractivity contribution in [2.75, 3.05) is 26.7 Å². The maximum atomic E-state index is 13.0. The smallest absolute Gasteiger partial charge is 0.410 e. The van der Waals surface area contributed by atoms with Crippen LogP contribution >= 0.6 is 0 Å². The average Bonchev–Trinajstić information content (AvgIpc) is 3.28. The summed E-state index contributed by atoms with van der Waals surface area (Å²) in [7, 11) is 1.41. The van der Waals surface area contributed by atoms with Gasteiger partial charge in [0.05, 0.1) is 37.4 Å². The number of nitrogens with zero attached hydrogens (tertiary/aromatic N) is 3. The summed E-state index contributed by atoms with van der Waals surface area (Å²) in [5.74, 6) is 1.26. The van der Waals surface area contributed by atoms with Gasteiger partial charge in [0.2, 0.25) is 5.91 Å². The first-order valence-corrected chi connectivity index (χ1v) is 13.5. The zero-order valence-corrected chi connectivity index (χ0v) is 21.7. The Morgan fingerprint density at radius 3 is 2.17 bits per heavy atom. The molecule has 3 unspecified atom stereocenters. The zero-order chi connectivity index (χ0) is 25.3. The second-order valence-electron chi connectivity index (χ2n) is 11.4. The maximum absolute atomic E-state index is 13.0. The Balaban J connectivity index is 1.41. The highest BCUT2D eigenvalue weighted by Gasteiger charge is 2.49. The number of ether oxygens (including phenoxy) is 2. The van der Waals surface area contributed by atoms with Crippen molar-refractivity contribution >= 4 is 18.1 Å². The lowest BCUT2D eigenvalue weighted by atomic mass is 9.68. The molecule has 2 saturated carbocycles. The third kappa shape index (κ3) is 5.54. The molecule has 4 aliphatic rings. The van der Waals surface area contributed by atoms with Crippen LogP contribution in [0.15, 0.2) is 0 Å². The van der Waals surface area contributed by atoms with Gasteiger partial charge in [-0.2, -0.15) is 0 Å². The first-order chi connectivity index (χ1) is 16.7. The van der Waals surface area contributed by atoms with Gasteiger partial charge in [-0.25, -0.2) is 9.59 Å². The van der Waals surface area contributed by atoms with Crippen LogP contribution in [0.25, 0.3) is 0 Å². The van der Waals surface area contributed by atoms with Crippen LogP contribution in [0, 0.1) is 17.8 Å². The lowest BCUT2D eigenvalue weighted by Gasteiger charge is -2.54. The zero-order valence-electron chi connectivity index (χ0n) is 21.7. The molecule has 2 heterocycles. The van der Waals surface area contributed by atoms with Crippen LogP contribution in [0.4, 0.5) is 9.59 Å². The molecule has 2 aliphatic carbocycles. The molecular formula is C26H43N3O6. The van der Waals surface area contributed by atoms with Gasteiger partial charge in [-0.3, -0.25) is 9.69 Å². The highest BCUT2D eigenvalue weighted by atomic mass is 16.6. The van der Waals surface area contributed by atoms with Gasteiger partial charge in [0.15, 0.2) is 0 Å². The maximum Gasteiger partial charge on any atom is 0.410 e. The van der Waals surface area contributed by atoms with Crippen molar-refractivity contribution in [3.8, 4) is 0 Å². The molecule has 1 N–H and O–H groups in total. The minimum absolute atomic E-state index is 0.0655. The minimum atomic E-state index is -0.376. The summed E-state index contributed by atoms with van der Waals surface area (Å²) in [5.41, 5.74) is 0. The number of carbonyl (C=O) groups is 3. The van der Waals surface area contributed by atoms with Crippen molar-refractivity contribution in [2.24, 2.45) is 17.8 Å². The van der Waals surface area contributed by atoms with Crippen molar-refractivity contribution in [3.63, 3.8) is 0 Å². The first-order valence-electron chi connectivity index (χ1n) is 13.5. The van der Waals surface area contributed by atoms with E-state index in [2.05, 4.69) is 0 Å². The molecular weight excluding hydrogens is 450 g/mol. The largest absolute Gasteiger partial charge is 0.453 e. The van der Waals surface area contributed by atoms with E-state index >= 15 is 0 Å². The second kappa shape index (κ2) is 10.9. The molecule has 0 aromatic heterocycles. The number of aliphatic hydroxyl groups is 1. The van der Waals surface area contributed by atoms with Crippen LogP contribution in [0.3, 0.4) is 0 Å². The summed E-state index contributed by atoms with van der Waals surface area (Å²) >= 11 is 0. The molecule has 9 nitrogen and oxygen atoms in total. The number of methoxy groups -OCH3 is 1. The fourth-order valence-electron chi connectivity index (χ4n) is 7.02. The summed E-state index contributed by atoms with van der Waals surface area (Å²) < 4.78 is 10.7. The molecule has 0 aromatic rings. The van der Waals surface area contributed by atoms with Gasteiger partial charge in [0.1, 0.15) is 0 Å². The van der Waals surface area contributed by atoms with Crippen LogP contribution in [-0.4, -0.2) is 95.0 Å². The number of amides is 3. The third-order valence-electron chi connectivity index (χ3n) is 8.73. The van der Waals surface area contributed by atoms with E-state index in [0.29, 0.717) is 37.9 Å². The number of carbonyl (C=O) groups excluding carboxylic acids is 3. The molecule has 0 bridgehead atoms. The molecule has 9 heteroatoms. The quantitative estimate of drug-likeness (QED) is 0.648. The van der Waals surface area contributed by atoms with Gasteiger partial charge in [-0.15, -0.1) is 0 Å². The molecule has 2 aliphatic heterocycles. The molecule has 4 fully saturated rings. The summed E-state index contributed by atoms with van der Waals surface area (Å²) in [6, 6.07) is -0.284. The van der Waals surface area contributed by atoms with E-state index < -0.39 is 0 Å². The Kier molecular flexibility index (Phi) is 8.13. The Morgan fingerprint density at radius 1 is 0.886 bits per heavy atom. The van der Waals surface area contributed by atoms with E-state index in [0.717, 1.165) is 44.9 Å². The van der Waals surface area contributed by atoms with Gasteiger partial charge in [0.25, 0.3) is 0 Å². The number of aliphatic hydroxyl groups excluding tert-OH is 1. The van der Waals surface area contributed by atoms with Crippen LogP contribution in [-0.2, 0) is 14.3 Å². The number of hydrogen-bond acceptors (Lipinski definition) is 6. The van der Waals surface area contributed by atoms with Crippen LogP contribution in [0.5, 0.6) is 0 Å². The van der Waals surface area contributed by atoms with E-state index in [9.17, 15) is 19.5 Å². The van der Waals surface area contributed by atoms with Crippen molar-refractivity contribution in [3.05, 3.63) is 0 Å². The van der Waals surface area contributed by atoms with Crippen LogP contribution in [0.1, 0.15) is 72.1 Å². The topological polar surface area (TPSA) is 99.6 Å². The number of hydrogen-bond donors (Lipinski definition) is 1. The fraction of sp³-hybridized carbons (Fsp3) is 0.885. The predicted molar refractivity (Wildman–Crippen MR) is 130 cm³/mol. The molecule has 0 aromatic carbocycles. The van der Waals surface area contributed by atoms with E-state index in [4.69, 9.17) is 9.47 Å². The van der Waals surface area contributed by atoms with Crippen molar-refractivity contribution in [1.29, 1.82) is 0 Å². The number of fused-ring (bicyclic) bond motifs is 1. The standard InChI is InChI=1S/C26H43N3O6/c1-16(2)35-25(32)28-14-17(3)29(26(33)34-4)22-10-9-20(13-23(22)28)18-5-7-19(8-6-18)24(31)27-12-11-21(30)15-27/h16-23,30H,5-15H2,1-4H3/t17-,18?,19?,20?,21-,22?,23?/m0/s1. The summed E-state index contributed by atoms with van der Waals surface area (Å²) in [6.45, 7) is 7.26. The molecule has 35 heavy (non-hydrogen) atoms. The number of β-amino-alcohol motifs (C(OH)–C–C–N with tert-alkyl or cyclic N) is 1. The molecule has 198 valence electrons. The van der Waals surface area contributed by atoms with Gasteiger partial charge < -0.3 is 24.4 Å². The van der Waals surface area contributed by atoms with Crippen molar-refractivity contribution in [1.82, 2.24) is 14.7 Å². The van der Waals surface area contributed by atoms with E-state index in [1.807, 2.05) is 35.5 Å². The Hall–Kier alpha value is -2.03. The fourth-order valence-corrected chi connectivity index (χ4v) is 7.02. The summed E-state index contributed by atoms with van der Waals surface area (Å²) in [4.78, 5) is 44.0. The molecule has 0 radical (unpaired) electrons. The Morgan fingerprint density at radius 2 is 1.57 bits per heavy atom. The summed E-state index contributed by atoms with van der Waals surface area (Å²) in [6.07, 6.45) is 6.00. The van der Waals surface area contributed by atoms with Crippen LogP contribution < -0.4 is 0 Å². The highest BCUT2D eigenvalue weighted by molar-refractivity contribution is 5.79. The number of likely N-dealkylation sites (tertiary alicyclic amines) is 1. The van der Waals surface area contributed by atoms with Gasteiger partial charge in [-0.05, 0) is 84.0 Å². The highest BCUT2D eigenvalue weighted by Crippen LogP contribution is 2.44. The lowest BCUT2D eigenvalue weighted by Crippen LogP contribution is -2.67. The molecule has 3 amide bonds. The SMILES string of the molecule is COC(=O)N1C2CCC(C3CCC(C(=O)N4CC[C@H](O)C4)CC3)CC2N(C(=O)OC(C)C)C[C@@H]1C. The van der Waals surface area contributed by atoms with Crippen molar-refractivity contribution < 1.29 is 29.0 Å². The normalized spacial score (nSPS) is 35.6. The predicted octanol–water partition coefficient (Wildman–Crippen LogP) is 3.24. The lowest BCUT2D eigenvalue weighted by molar-refractivity contribution is -0.136. The monoisotopic (exact) mass is 493 g/mol. The second-order valence-corrected chi connectivity index (χ2v) is 11.4. The molecule has 0 spiro atoms. The molecule has 2 saturated heterocycles. The van der Waals surface area contributed by atoms with Gasteiger partial charge >= 0.3 is 12.2 Å². The summed E-state index contributed by atoms with van der Waals surface area (Å²) in [5, 5.41) is 9.78. The molecule has 5 atom stereocenters. The Labute approximate surface area is 209 Å². The van der Waals surface area contributed by atoms with Crippen LogP contribution in [0.2, 0.25) is 0 Å². The number of rotatable bonds is 3. The minimum Gasteiger partial charge on any atom is -0.453 e. The third-order valence-corrected chi connectivity index (χ3v) is 8.73. The van der Waals surface area contributed by atoms with Crippen molar-refractivity contribution in [2.45, 2.75) is 102 Å². The molecule has 4 rings (SSSR count). The van der Waals surface area contributed by atoms with E-state index in [1.165, 1.54) is 7.11 Å². The van der Waals surface area contributed by atoms with Gasteiger partial charge in [0, 0.05) is 25.6 Å². The number of piperazine rings is 1. The van der Waals surface area contributed by atoms with E-state index in [-0.39, 0.29) is 54.3 Å². The van der Waals surface area contributed by atoms with E-state index in [1.54, 1.807) is 0 Å². The van der Waals surface area contributed by atoms with Gasteiger partial charge in [-0.1, -0.05) is 0 Å². The Bertz CT molecular complexity index is 783. The first kappa shape index (κ1) is 26.0.